The van der Waals surface area contributed by atoms with Crippen molar-refractivity contribution in [3.8, 4) is 0 Å². The van der Waals surface area contributed by atoms with Crippen LogP contribution in [0.5, 0.6) is 0 Å². The highest BCUT2D eigenvalue weighted by Crippen LogP contribution is 2.31. The lowest BCUT2D eigenvalue weighted by atomic mass is 10.0. The summed E-state index contributed by atoms with van der Waals surface area (Å²) < 4.78 is 38.2. The number of benzene rings is 2. The number of fused-ring (bicyclic) bond motifs is 1. The number of nitro groups is 1. The third kappa shape index (κ3) is 3.08. The van der Waals surface area contributed by atoms with E-state index in [0.29, 0.717) is 5.56 Å². The fraction of sp³-hybridized carbons (Fsp3) is 0.118. The van der Waals surface area contributed by atoms with Gasteiger partial charge in [-0.2, -0.15) is 0 Å². The van der Waals surface area contributed by atoms with Crippen molar-refractivity contribution in [1.82, 2.24) is 0 Å². The molecule has 0 saturated carbocycles. The van der Waals surface area contributed by atoms with Gasteiger partial charge in [0.1, 0.15) is 11.5 Å². The predicted molar refractivity (Wildman–Crippen MR) is 93.4 cm³/mol. The van der Waals surface area contributed by atoms with Gasteiger partial charge in [0.25, 0.3) is 5.69 Å². The van der Waals surface area contributed by atoms with Crippen LogP contribution in [0.25, 0.3) is 6.08 Å². The Labute approximate surface area is 148 Å². The highest BCUT2D eigenvalue weighted by atomic mass is 32.2. The lowest BCUT2D eigenvalue weighted by Gasteiger charge is -2.18. The van der Waals surface area contributed by atoms with E-state index < -0.39 is 32.1 Å². The van der Waals surface area contributed by atoms with Crippen molar-refractivity contribution in [2.75, 3.05) is 18.1 Å². The highest BCUT2D eigenvalue weighted by molar-refractivity contribution is 7.91. The monoisotopic (exact) mass is 376 g/mol. The number of carbonyl (C=O) groups is 1. The van der Waals surface area contributed by atoms with Gasteiger partial charge in [0, 0.05) is 24.3 Å². The molecule has 0 aromatic heterocycles. The lowest BCUT2D eigenvalue weighted by Crippen LogP contribution is -2.24. The second-order valence-electron chi connectivity index (χ2n) is 5.68. The van der Waals surface area contributed by atoms with E-state index in [4.69, 9.17) is 0 Å². The van der Waals surface area contributed by atoms with Gasteiger partial charge in [0.05, 0.1) is 15.6 Å². The van der Waals surface area contributed by atoms with Gasteiger partial charge in [0.2, 0.25) is 0 Å². The second-order valence-corrected chi connectivity index (χ2v) is 7.64. The van der Waals surface area contributed by atoms with Crippen molar-refractivity contribution in [2.45, 2.75) is 4.90 Å². The summed E-state index contributed by atoms with van der Waals surface area (Å²) in [5.41, 5.74) is 0.0686. The van der Waals surface area contributed by atoms with E-state index >= 15 is 0 Å². The summed E-state index contributed by atoms with van der Waals surface area (Å²) in [5.74, 6) is -1.89. The van der Waals surface area contributed by atoms with Crippen LogP contribution in [0.3, 0.4) is 0 Å². The number of carbonyl (C=O) groups excluding carboxylic acids is 1. The molecule has 0 atom stereocenters. The smallest absolute Gasteiger partial charge is 0.292 e. The quantitative estimate of drug-likeness (QED) is 0.382. The molecule has 2 aromatic rings. The Balaban J connectivity index is 2.12. The summed E-state index contributed by atoms with van der Waals surface area (Å²) in [6.45, 7) is 0. The second kappa shape index (κ2) is 6.34. The summed E-state index contributed by atoms with van der Waals surface area (Å²) in [7, 11) is -2.27. The van der Waals surface area contributed by atoms with E-state index in [1.54, 1.807) is 0 Å². The number of halogens is 1. The van der Waals surface area contributed by atoms with Gasteiger partial charge in [-0.3, -0.25) is 14.9 Å². The first kappa shape index (κ1) is 17.7. The van der Waals surface area contributed by atoms with E-state index in [2.05, 4.69) is 5.32 Å². The molecule has 0 spiro atoms. The van der Waals surface area contributed by atoms with Crippen LogP contribution in [-0.2, 0) is 9.84 Å². The molecule has 9 heteroatoms. The number of nitrogens with zero attached hydrogens (tertiary/aromatic N) is 1. The number of ketones is 1. The Bertz CT molecular complexity index is 1080. The topological polar surface area (TPSA) is 106 Å². The van der Waals surface area contributed by atoms with Crippen molar-refractivity contribution in [1.29, 1.82) is 0 Å². The summed E-state index contributed by atoms with van der Waals surface area (Å²) in [5, 5.41) is 13.8. The van der Waals surface area contributed by atoms with Crippen molar-refractivity contribution < 1.29 is 22.5 Å². The minimum atomic E-state index is -3.80. The third-order valence-corrected chi connectivity index (χ3v) is 5.70. The Morgan fingerprint density at radius 1 is 1.23 bits per heavy atom. The highest BCUT2D eigenvalue weighted by Gasteiger charge is 2.33. The average molecular weight is 376 g/mol. The molecule has 0 bridgehead atoms. The molecule has 1 heterocycles. The van der Waals surface area contributed by atoms with E-state index in [-0.39, 0.29) is 27.4 Å². The zero-order valence-electron chi connectivity index (χ0n) is 13.5. The predicted octanol–water partition coefficient (Wildman–Crippen LogP) is 2.83. The maximum Gasteiger partial charge on any atom is 0.292 e. The van der Waals surface area contributed by atoms with Crippen LogP contribution in [0.4, 0.5) is 15.8 Å². The molecule has 0 fully saturated rings. The van der Waals surface area contributed by atoms with Gasteiger partial charge >= 0.3 is 0 Å². The SMILES string of the molecule is CNc1ccc(/C=C2/CS(=O)(=O)c3ccc(F)cc3C2=O)cc1[N+](=O)[O-]. The largest absolute Gasteiger partial charge is 0.383 e. The van der Waals surface area contributed by atoms with E-state index in [1.807, 2.05) is 0 Å². The fourth-order valence-electron chi connectivity index (χ4n) is 2.78. The Hall–Kier alpha value is -3.07. The van der Waals surface area contributed by atoms with E-state index in [9.17, 15) is 27.7 Å². The summed E-state index contributed by atoms with van der Waals surface area (Å²) in [4.78, 5) is 22.9. The van der Waals surface area contributed by atoms with Crippen LogP contribution in [0.15, 0.2) is 46.9 Å². The van der Waals surface area contributed by atoms with Gasteiger partial charge in [-0.1, -0.05) is 6.07 Å². The fourth-order valence-corrected chi connectivity index (χ4v) is 4.32. The molecule has 0 amide bonds. The molecule has 3 rings (SSSR count). The number of hydrogen-bond donors (Lipinski definition) is 1. The molecular weight excluding hydrogens is 363 g/mol. The Kier molecular flexibility index (Phi) is 4.33. The van der Waals surface area contributed by atoms with Crippen molar-refractivity contribution in [3.05, 3.63) is 69.0 Å². The van der Waals surface area contributed by atoms with Gasteiger partial charge in [-0.15, -0.1) is 0 Å². The van der Waals surface area contributed by atoms with Crippen molar-refractivity contribution in [3.63, 3.8) is 0 Å². The molecule has 0 aliphatic carbocycles. The van der Waals surface area contributed by atoms with Crippen LogP contribution in [0.1, 0.15) is 15.9 Å². The van der Waals surface area contributed by atoms with Crippen LogP contribution in [0, 0.1) is 15.9 Å². The molecule has 0 saturated heterocycles. The van der Waals surface area contributed by atoms with Crippen LogP contribution >= 0.6 is 0 Å². The molecule has 26 heavy (non-hydrogen) atoms. The van der Waals surface area contributed by atoms with E-state index in [1.165, 1.54) is 31.3 Å². The number of Topliss-reactive ketones (excluding diaryl/α,β-unsaturated/α-hetero) is 1. The minimum absolute atomic E-state index is 0.0744. The minimum Gasteiger partial charge on any atom is -0.383 e. The molecule has 1 N–H and O–H groups in total. The third-order valence-electron chi connectivity index (χ3n) is 3.99. The lowest BCUT2D eigenvalue weighted by molar-refractivity contribution is -0.384. The number of anilines is 1. The summed E-state index contributed by atoms with van der Waals surface area (Å²) in [6.07, 6.45) is 1.28. The van der Waals surface area contributed by atoms with Gasteiger partial charge in [-0.05, 0) is 35.9 Å². The molecule has 1 aliphatic heterocycles. The zero-order chi connectivity index (χ0) is 19.1. The number of nitrogens with one attached hydrogen (secondary N) is 1. The molecule has 134 valence electrons. The standard InChI is InChI=1S/C17H13FN2O5S/c1-19-14-4-2-10(7-15(14)20(22)23)6-11-9-26(24,25)16-5-3-12(18)8-13(16)17(11)21/h2-8,19H,9H2,1H3/b11-6-. The summed E-state index contributed by atoms with van der Waals surface area (Å²) >= 11 is 0. The molecular formula is C17H13FN2O5S. The van der Waals surface area contributed by atoms with Gasteiger partial charge in [-0.25, -0.2) is 12.8 Å². The van der Waals surface area contributed by atoms with Gasteiger partial charge < -0.3 is 5.32 Å². The number of sulfone groups is 1. The maximum absolute atomic E-state index is 13.5. The maximum atomic E-state index is 13.5. The number of hydrogen-bond acceptors (Lipinski definition) is 6. The molecule has 0 unspecified atom stereocenters. The molecule has 1 aliphatic rings. The first-order chi connectivity index (χ1) is 12.2. The van der Waals surface area contributed by atoms with Crippen LogP contribution in [0.2, 0.25) is 0 Å². The Morgan fingerprint density at radius 2 is 1.96 bits per heavy atom. The molecule has 2 aromatic carbocycles. The molecule has 7 nitrogen and oxygen atoms in total. The molecule has 0 radical (unpaired) electrons. The van der Waals surface area contributed by atoms with Crippen molar-refractivity contribution in [2.24, 2.45) is 0 Å². The number of rotatable bonds is 3. The van der Waals surface area contributed by atoms with Gasteiger partial charge in [0.15, 0.2) is 15.6 Å². The first-order valence-corrected chi connectivity index (χ1v) is 9.12. The van der Waals surface area contributed by atoms with Crippen molar-refractivity contribution >= 4 is 33.1 Å². The zero-order valence-corrected chi connectivity index (χ0v) is 14.3. The Morgan fingerprint density at radius 3 is 2.62 bits per heavy atom. The normalized spacial score (nSPS) is 17.0. The van der Waals surface area contributed by atoms with E-state index in [0.717, 1.165) is 18.2 Å². The first-order valence-electron chi connectivity index (χ1n) is 7.46. The average Bonchev–Trinajstić information content (AvgIpc) is 2.59. The van der Waals surface area contributed by atoms with Crippen LogP contribution in [-0.4, -0.2) is 31.9 Å². The number of nitro benzene ring substituents is 1. The summed E-state index contributed by atoms with van der Waals surface area (Å²) in [6, 6.07) is 7.15. The van der Waals surface area contributed by atoms with Crippen LogP contribution < -0.4 is 5.32 Å².